The van der Waals surface area contributed by atoms with Crippen molar-refractivity contribution in [1.29, 1.82) is 0 Å². The maximum absolute atomic E-state index is 11.2. The monoisotopic (exact) mass is 252 g/mol. The molecule has 3 N–H and O–H groups in total. The summed E-state index contributed by atoms with van der Waals surface area (Å²) in [6.07, 6.45) is 0.937. The van der Waals surface area contributed by atoms with Crippen LogP contribution in [0.25, 0.3) is 0 Å². The van der Waals surface area contributed by atoms with E-state index in [-0.39, 0.29) is 30.2 Å². The second kappa shape index (κ2) is 10.7. The molecule has 0 radical (unpaired) electrons. The van der Waals surface area contributed by atoms with Gasteiger partial charge in [0.15, 0.2) is 0 Å². The lowest BCUT2D eigenvalue weighted by atomic mass is 10.1. The smallest absolute Gasteiger partial charge is 0.305 e. The van der Waals surface area contributed by atoms with Gasteiger partial charge in [0, 0.05) is 25.4 Å². The second-order valence-electron chi connectivity index (χ2n) is 3.34. The van der Waals surface area contributed by atoms with E-state index in [2.05, 4.69) is 5.32 Å². The van der Waals surface area contributed by atoms with Gasteiger partial charge in [0.2, 0.25) is 5.91 Å². The molecule has 0 fully saturated rings. The molecule has 0 saturated carbocycles. The van der Waals surface area contributed by atoms with Gasteiger partial charge >= 0.3 is 5.97 Å². The minimum atomic E-state index is -0.223. The van der Waals surface area contributed by atoms with Crippen LogP contribution in [0.2, 0.25) is 0 Å². The average Bonchev–Trinajstić information content (AvgIpc) is 2.23. The van der Waals surface area contributed by atoms with E-state index >= 15 is 0 Å². The molecular formula is C10H21ClN2O3. The molecule has 1 amide bonds. The summed E-state index contributed by atoms with van der Waals surface area (Å²) >= 11 is 0. The fraction of sp³-hybridized carbons (Fsp3) is 0.800. The first-order valence-corrected chi connectivity index (χ1v) is 5.25. The number of halogens is 1. The van der Waals surface area contributed by atoms with Gasteiger partial charge in [-0.25, -0.2) is 0 Å². The highest BCUT2D eigenvalue weighted by molar-refractivity contribution is 5.85. The highest BCUT2D eigenvalue weighted by Gasteiger charge is 2.09. The summed E-state index contributed by atoms with van der Waals surface area (Å²) in [6, 6.07) is 0. The molecule has 1 atom stereocenters. The lowest BCUT2D eigenvalue weighted by Crippen LogP contribution is -2.33. The number of amides is 1. The van der Waals surface area contributed by atoms with Crippen LogP contribution in [0.4, 0.5) is 0 Å². The summed E-state index contributed by atoms with van der Waals surface area (Å²) in [7, 11) is 0. The zero-order valence-electron chi connectivity index (χ0n) is 9.82. The first-order chi connectivity index (χ1) is 7.11. The Hall–Kier alpha value is -0.810. The number of esters is 1. The number of hydrogen-bond acceptors (Lipinski definition) is 4. The number of rotatable bonds is 7. The fourth-order valence-corrected chi connectivity index (χ4v) is 0.959. The van der Waals surface area contributed by atoms with Crippen molar-refractivity contribution in [1.82, 2.24) is 5.32 Å². The number of carbonyl (C=O) groups is 2. The van der Waals surface area contributed by atoms with Crippen molar-refractivity contribution in [2.24, 2.45) is 11.7 Å². The Kier molecular flexibility index (Phi) is 11.8. The van der Waals surface area contributed by atoms with Crippen molar-refractivity contribution >= 4 is 24.3 Å². The van der Waals surface area contributed by atoms with Crippen LogP contribution >= 0.6 is 12.4 Å². The molecule has 0 rings (SSSR count). The predicted octanol–water partition coefficient (Wildman–Crippen LogP) is 0.462. The number of ether oxygens (including phenoxy) is 1. The zero-order chi connectivity index (χ0) is 11.7. The van der Waals surface area contributed by atoms with E-state index in [1.54, 1.807) is 13.8 Å². The molecule has 6 heteroatoms. The number of nitrogens with two attached hydrogens (primary N) is 1. The molecule has 1 unspecified atom stereocenters. The minimum absolute atomic E-state index is 0. The molecule has 0 aliphatic carbocycles. The molecule has 96 valence electrons. The van der Waals surface area contributed by atoms with Gasteiger partial charge in [-0.05, 0) is 13.3 Å². The van der Waals surface area contributed by atoms with E-state index in [1.807, 2.05) is 0 Å². The summed E-state index contributed by atoms with van der Waals surface area (Å²) in [6.45, 7) is 4.75. The van der Waals surface area contributed by atoms with Crippen LogP contribution in [-0.4, -0.2) is 31.6 Å². The van der Waals surface area contributed by atoms with Crippen LogP contribution in [0.1, 0.15) is 26.7 Å². The van der Waals surface area contributed by atoms with Gasteiger partial charge < -0.3 is 15.8 Å². The van der Waals surface area contributed by atoms with Crippen LogP contribution in [0.5, 0.6) is 0 Å². The maximum atomic E-state index is 11.2. The Bertz CT molecular complexity index is 212. The van der Waals surface area contributed by atoms with Crippen molar-refractivity contribution in [3.63, 3.8) is 0 Å². The molecule has 0 saturated heterocycles. The first kappa shape index (κ1) is 17.6. The van der Waals surface area contributed by atoms with Gasteiger partial charge in [-0.3, -0.25) is 9.59 Å². The molecule has 0 aromatic rings. The molecule has 0 heterocycles. The van der Waals surface area contributed by atoms with E-state index in [9.17, 15) is 9.59 Å². The van der Waals surface area contributed by atoms with Crippen molar-refractivity contribution in [2.45, 2.75) is 26.7 Å². The van der Waals surface area contributed by atoms with Crippen molar-refractivity contribution in [2.75, 3.05) is 19.7 Å². The minimum Gasteiger partial charge on any atom is -0.466 e. The number of carbonyl (C=O) groups excluding carboxylic acids is 2. The van der Waals surface area contributed by atoms with E-state index in [1.165, 1.54) is 0 Å². The third-order valence-electron chi connectivity index (χ3n) is 1.96. The van der Waals surface area contributed by atoms with Gasteiger partial charge in [0.1, 0.15) is 0 Å². The Morgan fingerprint density at radius 2 is 2.06 bits per heavy atom. The maximum Gasteiger partial charge on any atom is 0.305 e. The van der Waals surface area contributed by atoms with Gasteiger partial charge in [-0.2, -0.15) is 0 Å². The Labute approximate surface area is 103 Å². The number of nitrogens with one attached hydrogen (secondary N) is 1. The standard InChI is InChI=1S/C10H20N2O3.ClH/c1-3-15-9(13)5-4-6-12-10(14)8(2)7-11;/h8H,3-7,11H2,1-2H3,(H,12,14);1H. The zero-order valence-corrected chi connectivity index (χ0v) is 10.6. The normalized spacial score (nSPS) is 11.2. The van der Waals surface area contributed by atoms with Crippen molar-refractivity contribution < 1.29 is 14.3 Å². The van der Waals surface area contributed by atoms with E-state index in [0.717, 1.165) is 0 Å². The molecule has 0 spiro atoms. The van der Waals surface area contributed by atoms with Crippen molar-refractivity contribution in [3.8, 4) is 0 Å². The lowest BCUT2D eigenvalue weighted by Gasteiger charge is -2.09. The molecular weight excluding hydrogens is 232 g/mol. The molecule has 0 aromatic heterocycles. The van der Waals surface area contributed by atoms with E-state index in [4.69, 9.17) is 10.5 Å². The van der Waals surface area contributed by atoms with Gasteiger partial charge in [-0.1, -0.05) is 6.92 Å². The summed E-state index contributed by atoms with van der Waals surface area (Å²) in [5.74, 6) is -0.465. The Morgan fingerprint density at radius 1 is 1.44 bits per heavy atom. The molecule has 0 aromatic carbocycles. The number of hydrogen-bond donors (Lipinski definition) is 2. The average molecular weight is 253 g/mol. The molecule has 0 aliphatic rings. The third-order valence-corrected chi connectivity index (χ3v) is 1.96. The summed E-state index contributed by atoms with van der Waals surface area (Å²) < 4.78 is 4.75. The van der Waals surface area contributed by atoms with Gasteiger partial charge in [0.25, 0.3) is 0 Å². The SMILES string of the molecule is CCOC(=O)CCCNC(=O)C(C)CN.Cl. The summed E-state index contributed by atoms with van der Waals surface area (Å²) in [5.41, 5.74) is 5.33. The highest BCUT2D eigenvalue weighted by atomic mass is 35.5. The molecule has 0 bridgehead atoms. The first-order valence-electron chi connectivity index (χ1n) is 5.25. The van der Waals surface area contributed by atoms with Crippen LogP contribution in [-0.2, 0) is 14.3 Å². The Morgan fingerprint density at radius 3 is 2.56 bits per heavy atom. The van der Waals surface area contributed by atoms with Crippen LogP contribution in [0.15, 0.2) is 0 Å². The lowest BCUT2D eigenvalue weighted by molar-refractivity contribution is -0.143. The Balaban J connectivity index is 0. The second-order valence-corrected chi connectivity index (χ2v) is 3.34. The van der Waals surface area contributed by atoms with Crippen LogP contribution in [0, 0.1) is 5.92 Å². The van der Waals surface area contributed by atoms with E-state index < -0.39 is 0 Å². The molecule has 5 nitrogen and oxygen atoms in total. The fourth-order valence-electron chi connectivity index (χ4n) is 0.959. The topological polar surface area (TPSA) is 81.4 Å². The quantitative estimate of drug-likeness (QED) is 0.510. The van der Waals surface area contributed by atoms with Crippen LogP contribution in [0.3, 0.4) is 0 Å². The third kappa shape index (κ3) is 8.49. The largest absolute Gasteiger partial charge is 0.466 e. The molecule has 16 heavy (non-hydrogen) atoms. The van der Waals surface area contributed by atoms with Crippen LogP contribution < -0.4 is 11.1 Å². The van der Waals surface area contributed by atoms with Crippen molar-refractivity contribution in [3.05, 3.63) is 0 Å². The van der Waals surface area contributed by atoms with Gasteiger partial charge in [-0.15, -0.1) is 12.4 Å². The summed E-state index contributed by atoms with van der Waals surface area (Å²) in [5, 5.41) is 2.70. The van der Waals surface area contributed by atoms with E-state index in [0.29, 0.717) is 32.5 Å². The highest BCUT2D eigenvalue weighted by Crippen LogP contribution is 1.94. The molecule has 0 aliphatic heterocycles. The summed E-state index contributed by atoms with van der Waals surface area (Å²) in [4.78, 5) is 22.2. The predicted molar refractivity (Wildman–Crippen MR) is 64.3 cm³/mol. The van der Waals surface area contributed by atoms with Gasteiger partial charge in [0.05, 0.1) is 6.61 Å².